The molecule has 1 atom stereocenters. The number of carbonyl (C=O) groups excluding carboxylic acids is 1. The summed E-state index contributed by atoms with van der Waals surface area (Å²) in [6, 6.07) is 5.85. The van der Waals surface area contributed by atoms with E-state index in [2.05, 4.69) is 21.2 Å². The highest BCUT2D eigenvalue weighted by molar-refractivity contribution is 9.10. The van der Waals surface area contributed by atoms with E-state index in [4.69, 9.17) is 10.7 Å². The monoisotopic (exact) mass is 361 g/mol. The molecule has 1 heterocycles. The average molecular weight is 362 g/mol. The molecule has 1 aliphatic carbocycles. The zero-order valence-corrected chi connectivity index (χ0v) is 14.4. The largest absolute Gasteiger partial charge is 0.348 e. The molecule has 1 saturated carbocycles. The van der Waals surface area contributed by atoms with E-state index in [-0.39, 0.29) is 11.9 Å². The third kappa shape index (κ3) is 2.88. The Balaban J connectivity index is 2.17. The molecule has 0 radical (unpaired) electrons. The summed E-state index contributed by atoms with van der Waals surface area (Å²) in [7, 11) is 0. The molecule has 1 amide bonds. The summed E-state index contributed by atoms with van der Waals surface area (Å²) in [5.41, 5.74) is 9.30. The molecule has 0 aliphatic heterocycles. The Bertz CT molecular complexity index is 740. The number of amides is 1. The summed E-state index contributed by atoms with van der Waals surface area (Å²) in [6.45, 7) is 4.34. The van der Waals surface area contributed by atoms with Crippen molar-refractivity contribution in [3.63, 3.8) is 0 Å². The molecule has 5 heteroatoms. The van der Waals surface area contributed by atoms with Gasteiger partial charge >= 0.3 is 0 Å². The minimum Gasteiger partial charge on any atom is -0.348 e. The highest BCUT2D eigenvalue weighted by Crippen LogP contribution is 2.42. The summed E-state index contributed by atoms with van der Waals surface area (Å²) in [5, 5.41) is 3.86. The van der Waals surface area contributed by atoms with Crippen molar-refractivity contribution in [3.8, 4) is 0 Å². The molecule has 0 spiro atoms. The van der Waals surface area contributed by atoms with Crippen molar-refractivity contribution >= 4 is 32.7 Å². The van der Waals surface area contributed by atoms with Crippen LogP contribution in [-0.4, -0.2) is 23.5 Å². The number of nitrogens with zero attached hydrogens (tertiary/aromatic N) is 1. The van der Waals surface area contributed by atoms with Gasteiger partial charge in [0.15, 0.2) is 0 Å². The first kappa shape index (κ1) is 15.4. The van der Waals surface area contributed by atoms with Crippen molar-refractivity contribution in [3.05, 3.63) is 39.5 Å². The summed E-state index contributed by atoms with van der Waals surface area (Å²) in [6.07, 6.45) is 2.33. The molecule has 22 heavy (non-hydrogen) atoms. The van der Waals surface area contributed by atoms with Crippen molar-refractivity contribution in [2.45, 2.75) is 38.6 Å². The van der Waals surface area contributed by atoms with Gasteiger partial charge in [-0.3, -0.25) is 9.78 Å². The number of aromatic nitrogens is 1. The minimum atomic E-state index is -0.0668. The van der Waals surface area contributed by atoms with Gasteiger partial charge in [0.25, 0.3) is 5.91 Å². The molecule has 3 N–H and O–H groups in total. The molecule has 1 aromatic carbocycles. The number of pyridine rings is 1. The van der Waals surface area contributed by atoms with Crippen molar-refractivity contribution < 1.29 is 4.79 Å². The highest BCUT2D eigenvalue weighted by atomic mass is 79.9. The van der Waals surface area contributed by atoms with E-state index < -0.39 is 0 Å². The van der Waals surface area contributed by atoms with Crippen LogP contribution < -0.4 is 11.1 Å². The first-order valence-corrected chi connectivity index (χ1v) is 8.41. The lowest BCUT2D eigenvalue weighted by atomic mass is 9.98. The molecule has 3 rings (SSSR count). The van der Waals surface area contributed by atoms with Gasteiger partial charge in [-0.25, -0.2) is 0 Å². The number of carbonyl (C=O) groups is 1. The van der Waals surface area contributed by atoms with Crippen LogP contribution in [-0.2, 0) is 0 Å². The highest BCUT2D eigenvalue weighted by Gasteiger charge is 2.30. The van der Waals surface area contributed by atoms with Gasteiger partial charge < -0.3 is 11.1 Å². The van der Waals surface area contributed by atoms with Gasteiger partial charge in [-0.1, -0.05) is 15.9 Å². The maximum Gasteiger partial charge on any atom is 0.252 e. The van der Waals surface area contributed by atoms with Crippen molar-refractivity contribution in [1.82, 2.24) is 10.3 Å². The predicted octanol–water partition coefficient (Wildman–Crippen LogP) is 3.26. The average Bonchev–Trinajstić information content (AvgIpc) is 3.30. The topological polar surface area (TPSA) is 68.0 Å². The Morgan fingerprint density at radius 1 is 1.50 bits per heavy atom. The number of hydrogen-bond donors (Lipinski definition) is 2. The Labute approximate surface area is 138 Å². The number of benzene rings is 1. The van der Waals surface area contributed by atoms with Gasteiger partial charge in [-0.2, -0.15) is 0 Å². The molecule has 0 bridgehead atoms. The van der Waals surface area contributed by atoms with E-state index in [1.54, 1.807) is 0 Å². The molecule has 1 fully saturated rings. The molecular formula is C17H20BrN3O. The van der Waals surface area contributed by atoms with Gasteiger partial charge in [0, 0.05) is 34.1 Å². The second-order valence-electron chi connectivity index (χ2n) is 6.04. The number of nitrogens with two attached hydrogens (primary N) is 1. The van der Waals surface area contributed by atoms with Crippen LogP contribution in [0.25, 0.3) is 10.9 Å². The van der Waals surface area contributed by atoms with Gasteiger partial charge in [0.05, 0.1) is 11.1 Å². The molecule has 0 unspecified atom stereocenters. The van der Waals surface area contributed by atoms with E-state index in [9.17, 15) is 4.79 Å². The number of nitrogens with one attached hydrogen (secondary N) is 1. The Hall–Kier alpha value is -1.46. The molecule has 116 valence electrons. The number of hydrogen-bond acceptors (Lipinski definition) is 3. The van der Waals surface area contributed by atoms with Crippen molar-refractivity contribution in [2.75, 3.05) is 6.54 Å². The lowest BCUT2D eigenvalue weighted by Crippen LogP contribution is -2.38. The second kappa shape index (κ2) is 5.97. The quantitative estimate of drug-likeness (QED) is 0.877. The van der Waals surface area contributed by atoms with E-state index in [1.807, 2.05) is 32.0 Å². The Kier molecular flexibility index (Phi) is 4.19. The number of rotatable bonds is 4. The van der Waals surface area contributed by atoms with Crippen LogP contribution in [0.2, 0.25) is 0 Å². The zero-order chi connectivity index (χ0) is 15.9. The minimum absolute atomic E-state index is 0.0494. The first-order chi connectivity index (χ1) is 10.5. The van der Waals surface area contributed by atoms with E-state index in [0.29, 0.717) is 12.5 Å². The molecule has 4 nitrogen and oxygen atoms in total. The van der Waals surface area contributed by atoms with Gasteiger partial charge in [-0.05, 0) is 50.5 Å². The molecule has 1 aromatic heterocycles. The smallest absolute Gasteiger partial charge is 0.252 e. The summed E-state index contributed by atoms with van der Waals surface area (Å²) >= 11 is 3.49. The fourth-order valence-corrected chi connectivity index (χ4v) is 3.11. The summed E-state index contributed by atoms with van der Waals surface area (Å²) in [4.78, 5) is 17.5. The van der Waals surface area contributed by atoms with Gasteiger partial charge in [0.1, 0.15) is 0 Å². The van der Waals surface area contributed by atoms with Crippen LogP contribution in [0.1, 0.15) is 47.3 Å². The normalized spacial score (nSPS) is 15.8. The first-order valence-electron chi connectivity index (χ1n) is 7.62. The molecule has 1 aliphatic rings. The van der Waals surface area contributed by atoms with Crippen LogP contribution in [0, 0.1) is 6.92 Å². The number of fused-ring (bicyclic) bond motifs is 1. The lowest BCUT2D eigenvalue weighted by molar-refractivity contribution is 0.0942. The molecule has 0 saturated heterocycles. The van der Waals surface area contributed by atoms with Crippen molar-refractivity contribution in [2.24, 2.45) is 5.73 Å². The third-order valence-corrected chi connectivity index (χ3v) is 4.64. The van der Waals surface area contributed by atoms with Gasteiger partial charge in [0.2, 0.25) is 0 Å². The summed E-state index contributed by atoms with van der Waals surface area (Å²) in [5.74, 6) is 0.439. The summed E-state index contributed by atoms with van der Waals surface area (Å²) < 4.78 is 0.946. The number of halogens is 1. The maximum atomic E-state index is 12.7. The molecule has 2 aromatic rings. The van der Waals surface area contributed by atoms with Crippen molar-refractivity contribution in [1.29, 1.82) is 0 Å². The zero-order valence-electron chi connectivity index (χ0n) is 12.8. The fraction of sp³-hybridized carbons (Fsp3) is 0.412. The van der Waals surface area contributed by atoms with E-state index >= 15 is 0 Å². The Morgan fingerprint density at radius 3 is 2.86 bits per heavy atom. The fourth-order valence-electron chi connectivity index (χ4n) is 2.75. The van der Waals surface area contributed by atoms with Crippen LogP contribution in [0.4, 0.5) is 0 Å². The lowest BCUT2D eigenvalue weighted by Gasteiger charge is -2.17. The SMILES string of the molecule is Cc1c(C2CC2)nc2ccc(Br)cc2c1C(=O)N[C@@H](C)CN. The van der Waals surface area contributed by atoms with Gasteiger partial charge in [-0.15, -0.1) is 0 Å². The van der Waals surface area contributed by atoms with Crippen LogP contribution >= 0.6 is 15.9 Å². The second-order valence-corrected chi connectivity index (χ2v) is 6.96. The maximum absolute atomic E-state index is 12.7. The van der Waals surface area contributed by atoms with Crippen LogP contribution in [0.5, 0.6) is 0 Å². The van der Waals surface area contributed by atoms with Crippen LogP contribution in [0.3, 0.4) is 0 Å². The Morgan fingerprint density at radius 2 is 2.23 bits per heavy atom. The standard InChI is InChI=1S/C17H20BrN3O/c1-9(8-19)20-17(22)15-10(2)16(11-3-4-11)21-14-6-5-12(18)7-13(14)15/h5-7,9,11H,3-4,8,19H2,1-2H3,(H,20,22)/t9-/m0/s1. The third-order valence-electron chi connectivity index (χ3n) is 4.15. The van der Waals surface area contributed by atoms with Crippen LogP contribution in [0.15, 0.2) is 22.7 Å². The van der Waals surface area contributed by atoms with E-state index in [1.165, 1.54) is 0 Å². The van der Waals surface area contributed by atoms with E-state index in [0.717, 1.165) is 45.0 Å². The molecular weight excluding hydrogens is 342 g/mol. The predicted molar refractivity (Wildman–Crippen MR) is 92.1 cm³/mol.